The van der Waals surface area contributed by atoms with Crippen molar-refractivity contribution in [3.8, 4) is 0 Å². The van der Waals surface area contributed by atoms with E-state index in [9.17, 15) is 4.79 Å². The highest BCUT2D eigenvalue weighted by Crippen LogP contribution is 2.18. The van der Waals surface area contributed by atoms with Crippen LogP contribution in [0.15, 0.2) is 53.8 Å². The topological polar surface area (TPSA) is 47.3 Å². The molecule has 2 heterocycles. The first-order valence-corrected chi connectivity index (χ1v) is 8.02. The standard InChI is InChI=1S/C14H10IN3OS/c15-11-6-4-10(5-7-11)12(19)9-20-14-17-16-13-3-1-2-8-18(13)14/h1-8H,9H2. The molecule has 0 atom stereocenters. The van der Waals surface area contributed by atoms with E-state index in [-0.39, 0.29) is 5.78 Å². The van der Waals surface area contributed by atoms with Crippen LogP contribution >= 0.6 is 34.4 Å². The molecule has 0 aliphatic heterocycles. The number of rotatable bonds is 4. The molecule has 20 heavy (non-hydrogen) atoms. The van der Waals surface area contributed by atoms with Crippen LogP contribution in [0.5, 0.6) is 0 Å². The van der Waals surface area contributed by atoms with Gasteiger partial charge < -0.3 is 0 Å². The van der Waals surface area contributed by atoms with Crippen LogP contribution in [0.2, 0.25) is 0 Å². The molecule has 0 aliphatic carbocycles. The number of pyridine rings is 1. The van der Waals surface area contributed by atoms with Gasteiger partial charge in [0.25, 0.3) is 0 Å². The van der Waals surface area contributed by atoms with E-state index in [0.29, 0.717) is 5.75 Å². The normalized spacial score (nSPS) is 10.8. The second-order valence-electron chi connectivity index (χ2n) is 4.13. The van der Waals surface area contributed by atoms with E-state index in [2.05, 4.69) is 32.8 Å². The van der Waals surface area contributed by atoms with E-state index in [0.717, 1.165) is 19.9 Å². The minimum atomic E-state index is 0.0964. The first-order chi connectivity index (χ1) is 9.74. The molecule has 0 fully saturated rings. The predicted molar refractivity (Wildman–Crippen MR) is 87.2 cm³/mol. The summed E-state index contributed by atoms with van der Waals surface area (Å²) in [5, 5.41) is 8.89. The van der Waals surface area contributed by atoms with Gasteiger partial charge in [-0.05, 0) is 46.9 Å². The molecule has 0 spiro atoms. The van der Waals surface area contributed by atoms with Gasteiger partial charge in [-0.25, -0.2) is 0 Å². The van der Waals surface area contributed by atoms with E-state index in [1.807, 2.05) is 53.1 Å². The monoisotopic (exact) mass is 395 g/mol. The molecule has 0 saturated heterocycles. The number of halogens is 1. The maximum absolute atomic E-state index is 12.1. The Balaban J connectivity index is 1.73. The Kier molecular flexibility index (Phi) is 4.02. The maximum Gasteiger partial charge on any atom is 0.196 e. The Morgan fingerprint density at radius 3 is 2.75 bits per heavy atom. The lowest BCUT2D eigenvalue weighted by Gasteiger charge is -2.01. The molecule has 4 nitrogen and oxygen atoms in total. The third-order valence-corrected chi connectivity index (χ3v) is 4.44. The van der Waals surface area contributed by atoms with Crippen molar-refractivity contribution in [1.29, 1.82) is 0 Å². The van der Waals surface area contributed by atoms with Gasteiger partial charge in [0.05, 0.1) is 5.75 Å². The van der Waals surface area contributed by atoms with Gasteiger partial charge in [0, 0.05) is 15.3 Å². The number of carbonyl (C=O) groups excluding carboxylic acids is 1. The van der Waals surface area contributed by atoms with Gasteiger partial charge in [0.1, 0.15) is 0 Å². The van der Waals surface area contributed by atoms with Crippen LogP contribution in [0, 0.1) is 3.57 Å². The molecule has 0 radical (unpaired) electrons. The summed E-state index contributed by atoms with van der Waals surface area (Å²) in [4.78, 5) is 12.1. The summed E-state index contributed by atoms with van der Waals surface area (Å²) >= 11 is 3.62. The molecule has 0 bridgehead atoms. The maximum atomic E-state index is 12.1. The van der Waals surface area contributed by atoms with Crippen LogP contribution in [0.1, 0.15) is 10.4 Å². The Morgan fingerprint density at radius 2 is 1.95 bits per heavy atom. The molecule has 0 amide bonds. The fourth-order valence-corrected chi connectivity index (χ4v) is 2.95. The van der Waals surface area contributed by atoms with E-state index < -0.39 is 0 Å². The number of fused-ring (bicyclic) bond motifs is 1. The highest BCUT2D eigenvalue weighted by atomic mass is 127. The minimum Gasteiger partial charge on any atom is -0.293 e. The van der Waals surface area contributed by atoms with Crippen LogP contribution in [-0.4, -0.2) is 26.1 Å². The largest absolute Gasteiger partial charge is 0.293 e. The summed E-state index contributed by atoms with van der Waals surface area (Å²) in [6.45, 7) is 0. The minimum absolute atomic E-state index is 0.0964. The highest BCUT2D eigenvalue weighted by Gasteiger charge is 2.10. The molecule has 0 aliphatic rings. The molecule has 100 valence electrons. The van der Waals surface area contributed by atoms with Crippen molar-refractivity contribution in [2.75, 3.05) is 5.75 Å². The van der Waals surface area contributed by atoms with E-state index >= 15 is 0 Å². The summed E-state index contributed by atoms with van der Waals surface area (Å²) in [5.74, 6) is 0.454. The molecule has 6 heteroatoms. The molecule has 0 saturated carbocycles. The van der Waals surface area contributed by atoms with Crippen molar-refractivity contribution in [1.82, 2.24) is 14.6 Å². The Bertz CT molecular complexity index is 754. The fourth-order valence-electron chi connectivity index (χ4n) is 1.77. The quantitative estimate of drug-likeness (QED) is 0.387. The van der Waals surface area contributed by atoms with Crippen LogP contribution in [0.4, 0.5) is 0 Å². The number of hydrogen-bond donors (Lipinski definition) is 0. The Morgan fingerprint density at radius 1 is 1.15 bits per heavy atom. The van der Waals surface area contributed by atoms with Gasteiger partial charge >= 0.3 is 0 Å². The molecular weight excluding hydrogens is 385 g/mol. The molecule has 2 aromatic heterocycles. The predicted octanol–water partition coefficient (Wildman–Crippen LogP) is 3.31. The molecular formula is C14H10IN3OS. The van der Waals surface area contributed by atoms with Gasteiger partial charge in [-0.1, -0.05) is 30.0 Å². The van der Waals surface area contributed by atoms with Gasteiger partial charge in [0.2, 0.25) is 0 Å². The smallest absolute Gasteiger partial charge is 0.196 e. The summed E-state index contributed by atoms with van der Waals surface area (Å²) in [5.41, 5.74) is 1.52. The van der Waals surface area contributed by atoms with Crippen molar-refractivity contribution in [3.05, 3.63) is 57.8 Å². The molecule has 3 aromatic rings. The number of aromatic nitrogens is 3. The number of hydrogen-bond acceptors (Lipinski definition) is 4. The van der Waals surface area contributed by atoms with E-state index in [1.165, 1.54) is 11.8 Å². The fraction of sp³-hybridized carbons (Fsp3) is 0.0714. The summed E-state index contributed by atoms with van der Waals surface area (Å²) < 4.78 is 3.00. The Hall–Kier alpha value is -1.41. The third kappa shape index (κ3) is 2.85. The average Bonchev–Trinajstić information content (AvgIpc) is 2.89. The lowest BCUT2D eigenvalue weighted by molar-refractivity contribution is 0.102. The number of Topliss-reactive ketones (excluding diaryl/α,β-unsaturated/α-hetero) is 1. The zero-order valence-corrected chi connectivity index (χ0v) is 13.3. The molecule has 1 aromatic carbocycles. The number of nitrogens with zero attached hydrogens (tertiary/aromatic N) is 3. The highest BCUT2D eigenvalue weighted by molar-refractivity contribution is 14.1. The second-order valence-corrected chi connectivity index (χ2v) is 6.32. The van der Waals surface area contributed by atoms with Gasteiger partial charge in [-0.15, -0.1) is 10.2 Å². The number of thioether (sulfide) groups is 1. The first kappa shape index (κ1) is 13.6. The first-order valence-electron chi connectivity index (χ1n) is 5.95. The molecule has 3 rings (SSSR count). The van der Waals surface area contributed by atoms with Crippen molar-refractivity contribution >= 4 is 45.8 Å². The number of ketones is 1. The molecule has 0 N–H and O–H groups in total. The third-order valence-electron chi connectivity index (χ3n) is 2.78. The molecule has 0 unspecified atom stereocenters. The van der Waals surface area contributed by atoms with Crippen LogP contribution in [0.25, 0.3) is 5.65 Å². The summed E-state index contributed by atoms with van der Waals surface area (Å²) in [6.07, 6.45) is 1.90. The van der Waals surface area contributed by atoms with Crippen molar-refractivity contribution in [3.63, 3.8) is 0 Å². The SMILES string of the molecule is O=C(CSc1nnc2ccccn12)c1ccc(I)cc1. The Labute approximate surface area is 133 Å². The van der Waals surface area contributed by atoms with Crippen molar-refractivity contribution < 1.29 is 4.79 Å². The number of benzene rings is 1. The van der Waals surface area contributed by atoms with E-state index in [1.54, 1.807) is 0 Å². The van der Waals surface area contributed by atoms with Gasteiger partial charge in [-0.2, -0.15) is 0 Å². The van der Waals surface area contributed by atoms with Gasteiger partial charge in [0.15, 0.2) is 16.6 Å². The average molecular weight is 395 g/mol. The van der Waals surface area contributed by atoms with Crippen molar-refractivity contribution in [2.45, 2.75) is 5.16 Å². The summed E-state index contributed by atoms with van der Waals surface area (Å²) in [6, 6.07) is 13.3. The zero-order chi connectivity index (χ0) is 13.9. The second kappa shape index (κ2) is 5.92. The lowest BCUT2D eigenvalue weighted by Crippen LogP contribution is -2.03. The van der Waals surface area contributed by atoms with Crippen LogP contribution in [-0.2, 0) is 0 Å². The number of carbonyl (C=O) groups is 1. The zero-order valence-electron chi connectivity index (χ0n) is 10.4. The van der Waals surface area contributed by atoms with Gasteiger partial charge in [-0.3, -0.25) is 9.20 Å². The lowest BCUT2D eigenvalue weighted by atomic mass is 10.2. The summed E-state index contributed by atoms with van der Waals surface area (Å²) in [7, 11) is 0. The van der Waals surface area contributed by atoms with Crippen molar-refractivity contribution in [2.24, 2.45) is 0 Å². The van der Waals surface area contributed by atoms with Crippen LogP contribution in [0.3, 0.4) is 0 Å². The van der Waals surface area contributed by atoms with Crippen LogP contribution < -0.4 is 0 Å². The van der Waals surface area contributed by atoms with E-state index in [4.69, 9.17) is 0 Å².